The predicted molar refractivity (Wildman–Crippen MR) is 141 cm³/mol. The van der Waals surface area contributed by atoms with Crippen molar-refractivity contribution in [2.45, 2.75) is 97.2 Å². The lowest BCUT2D eigenvalue weighted by molar-refractivity contribution is -0.181. The van der Waals surface area contributed by atoms with Crippen LogP contribution in [0.3, 0.4) is 0 Å². The second kappa shape index (κ2) is 11.3. The molecular formula is C29H44N4O4. The van der Waals surface area contributed by atoms with Crippen LogP contribution in [-0.4, -0.2) is 42.3 Å². The quantitative estimate of drug-likeness (QED) is 0.156. The number of fused-ring (bicyclic) bond motifs is 5. The lowest BCUT2D eigenvalue weighted by Gasteiger charge is -2.62. The van der Waals surface area contributed by atoms with Crippen LogP contribution in [0, 0.1) is 58.7 Å². The molecule has 204 valence electrons. The lowest BCUT2D eigenvalue weighted by Crippen LogP contribution is -2.59. The molecule has 0 aromatic rings. The topological polar surface area (TPSA) is 124 Å². The Balaban J connectivity index is 1.42. The predicted octanol–water partition coefficient (Wildman–Crippen LogP) is 5.00. The van der Waals surface area contributed by atoms with Crippen molar-refractivity contribution in [2.75, 3.05) is 13.1 Å². The van der Waals surface area contributed by atoms with Gasteiger partial charge in [-0.05, 0) is 110 Å². The van der Waals surface area contributed by atoms with Crippen molar-refractivity contribution in [2.24, 2.45) is 51.5 Å². The molecule has 0 unspecified atom stereocenters. The maximum atomic E-state index is 12.1. The summed E-state index contributed by atoms with van der Waals surface area (Å²) in [6, 6.07) is 0. The number of carbonyl (C=O) groups excluding carboxylic acids is 2. The Morgan fingerprint density at radius 2 is 2.00 bits per heavy atom. The Morgan fingerprint density at radius 1 is 1.22 bits per heavy atom. The van der Waals surface area contributed by atoms with E-state index in [9.17, 15) is 14.7 Å². The standard InChI is InChI=1S/C29H44N4O4/c1-5-14-31-26(35)11-6-18(2)22-9-10-23-21-8-7-19-15-20(37-27(36)17-32-33-30)12-13-28(19,3)24(21)16-25(34)29(22,23)4/h1,18-25,34H,6-17H2,2-4H3,(H,31,35)/t18-,19-,20-,21+,22-,23+,24+,25+,28+,29-/m1/s1. The molecule has 8 heteroatoms. The molecule has 8 nitrogen and oxygen atoms in total. The summed E-state index contributed by atoms with van der Waals surface area (Å²) in [5, 5.41) is 17.8. The number of rotatable bonds is 8. The molecule has 0 saturated heterocycles. The number of nitrogens with one attached hydrogen (secondary N) is 1. The van der Waals surface area contributed by atoms with Crippen LogP contribution in [0.5, 0.6) is 0 Å². The van der Waals surface area contributed by atoms with Crippen molar-refractivity contribution in [3.8, 4) is 12.3 Å². The first-order valence-corrected chi connectivity index (χ1v) is 14.2. The second-order valence-electron chi connectivity index (χ2n) is 12.7. The summed E-state index contributed by atoms with van der Waals surface area (Å²) in [5.74, 6) is 4.93. The zero-order valence-corrected chi connectivity index (χ0v) is 22.7. The molecule has 0 heterocycles. The molecule has 1 amide bonds. The van der Waals surface area contributed by atoms with E-state index in [0.29, 0.717) is 41.9 Å². The molecule has 0 radical (unpaired) electrons. The van der Waals surface area contributed by atoms with Gasteiger partial charge in [0.25, 0.3) is 0 Å². The van der Waals surface area contributed by atoms with Crippen molar-refractivity contribution in [3.05, 3.63) is 10.4 Å². The van der Waals surface area contributed by atoms with E-state index in [4.69, 9.17) is 16.7 Å². The van der Waals surface area contributed by atoms with Crippen LogP contribution in [0.4, 0.5) is 0 Å². The zero-order valence-electron chi connectivity index (χ0n) is 22.7. The summed E-state index contributed by atoms with van der Waals surface area (Å²) in [6.45, 7) is 7.04. The van der Waals surface area contributed by atoms with Gasteiger partial charge >= 0.3 is 5.97 Å². The molecule has 0 aliphatic heterocycles. The molecule has 4 saturated carbocycles. The van der Waals surface area contributed by atoms with Crippen molar-refractivity contribution >= 4 is 11.9 Å². The van der Waals surface area contributed by atoms with E-state index in [-0.39, 0.29) is 42.0 Å². The molecular weight excluding hydrogens is 468 g/mol. The SMILES string of the molecule is C#CCNC(=O)CC[C@@H](C)[C@H]1CC[C@H]2[C@@H]3CC[C@@H]4C[C@H](OC(=O)CN=[N+]=[N-])CC[C@]4(C)[C@H]3C[C@H](O)[C@]12C. The van der Waals surface area contributed by atoms with E-state index in [2.05, 4.69) is 42.0 Å². The van der Waals surface area contributed by atoms with Gasteiger partial charge in [0.2, 0.25) is 5.91 Å². The average Bonchev–Trinajstić information content (AvgIpc) is 3.24. The van der Waals surface area contributed by atoms with Crippen LogP contribution in [0.15, 0.2) is 5.11 Å². The normalized spacial score (nSPS) is 41.1. The number of carbonyl (C=O) groups is 2. The first-order chi connectivity index (χ1) is 17.6. The Morgan fingerprint density at radius 3 is 2.73 bits per heavy atom. The number of amides is 1. The lowest BCUT2D eigenvalue weighted by atomic mass is 9.43. The van der Waals surface area contributed by atoms with Crippen LogP contribution in [0.25, 0.3) is 10.4 Å². The highest BCUT2D eigenvalue weighted by Crippen LogP contribution is 2.68. The van der Waals surface area contributed by atoms with Gasteiger partial charge in [-0.1, -0.05) is 31.8 Å². The van der Waals surface area contributed by atoms with E-state index >= 15 is 0 Å². The Kier molecular flexibility index (Phi) is 8.45. The fourth-order valence-electron chi connectivity index (χ4n) is 9.36. The minimum Gasteiger partial charge on any atom is -0.462 e. The molecule has 0 spiro atoms. The van der Waals surface area contributed by atoms with E-state index in [1.54, 1.807) is 0 Å². The first kappa shape index (κ1) is 27.8. The third-order valence-electron chi connectivity index (χ3n) is 11.3. The largest absolute Gasteiger partial charge is 0.462 e. The molecule has 10 atom stereocenters. The number of aliphatic hydroxyl groups is 1. The maximum absolute atomic E-state index is 12.1. The Hall–Kier alpha value is -2.23. The van der Waals surface area contributed by atoms with Gasteiger partial charge in [0.05, 0.1) is 12.6 Å². The summed E-state index contributed by atoms with van der Waals surface area (Å²) in [4.78, 5) is 26.8. The third kappa shape index (κ3) is 5.22. The van der Waals surface area contributed by atoms with Crippen LogP contribution in [-0.2, 0) is 14.3 Å². The first-order valence-electron chi connectivity index (χ1n) is 14.2. The number of hydrogen-bond acceptors (Lipinski definition) is 5. The molecule has 2 N–H and O–H groups in total. The highest BCUT2D eigenvalue weighted by Gasteiger charge is 2.63. The van der Waals surface area contributed by atoms with Crippen LogP contribution < -0.4 is 5.32 Å². The third-order valence-corrected chi connectivity index (χ3v) is 11.3. The molecule has 4 fully saturated rings. The second-order valence-corrected chi connectivity index (χ2v) is 12.7. The van der Waals surface area contributed by atoms with Gasteiger partial charge in [-0.15, -0.1) is 6.42 Å². The molecule has 4 aliphatic carbocycles. The monoisotopic (exact) mass is 512 g/mol. The summed E-state index contributed by atoms with van der Waals surface area (Å²) in [5.41, 5.74) is 8.50. The van der Waals surface area contributed by atoms with Crippen molar-refractivity contribution in [1.82, 2.24) is 5.32 Å². The van der Waals surface area contributed by atoms with Crippen LogP contribution in [0.2, 0.25) is 0 Å². The number of aliphatic hydroxyl groups excluding tert-OH is 1. The Bertz CT molecular complexity index is 958. The highest BCUT2D eigenvalue weighted by atomic mass is 16.5. The number of azide groups is 1. The molecule has 4 rings (SSSR count). The highest BCUT2D eigenvalue weighted by molar-refractivity contribution is 5.76. The zero-order chi connectivity index (χ0) is 26.8. The molecule has 4 aliphatic rings. The smallest absolute Gasteiger partial charge is 0.311 e. The number of terminal acetylenes is 1. The van der Waals surface area contributed by atoms with E-state index in [0.717, 1.165) is 51.4 Å². The number of nitrogens with zero attached hydrogens (tertiary/aromatic N) is 3. The summed E-state index contributed by atoms with van der Waals surface area (Å²) < 4.78 is 5.64. The van der Waals surface area contributed by atoms with E-state index in [1.807, 2.05) is 0 Å². The molecule has 0 bridgehead atoms. The summed E-state index contributed by atoms with van der Waals surface area (Å²) in [6.07, 6.45) is 14.3. The number of esters is 1. The number of ether oxygens (including phenoxy) is 1. The molecule has 0 aromatic heterocycles. The average molecular weight is 513 g/mol. The van der Waals surface area contributed by atoms with E-state index < -0.39 is 5.97 Å². The minimum absolute atomic E-state index is 0.0130. The van der Waals surface area contributed by atoms with Gasteiger partial charge in [-0.3, -0.25) is 9.59 Å². The van der Waals surface area contributed by atoms with Gasteiger partial charge in [-0.25, -0.2) is 0 Å². The van der Waals surface area contributed by atoms with Gasteiger partial charge in [0, 0.05) is 11.3 Å². The van der Waals surface area contributed by atoms with Crippen molar-refractivity contribution < 1.29 is 19.4 Å². The van der Waals surface area contributed by atoms with Crippen LogP contribution >= 0.6 is 0 Å². The van der Waals surface area contributed by atoms with Crippen molar-refractivity contribution in [3.63, 3.8) is 0 Å². The van der Waals surface area contributed by atoms with E-state index in [1.165, 1.54) is 6.42 Å². The minimum atomic E-state index is -0.441. The fourth-order valence-corrected chi connectivity index (χ4v) is 9.36. The fraction of sp³-hybridized carbons (Fsp3) is 0.862. The summed E-state index contributed by atoms with van der Waals surface area (Å²) >= 11 is 0. The summed E-state index contributed by atoms with van der Waals surface area (Å²) in [7, 11) is 0. The van der Waals surface area contributed by atoms with Gasteiger partial charge in [0.1, 0.15) is 12.6 Å². The molecule has 37 heavy (non-hydrogen) atoms. The van der Waals surface area contributed by atoms with Gasteiger partial charge < -0.3 is 15.2 Å². The Labute approximate surface area is 221 Å². The number of hydrogen-bond donors (Lipinski definition) is 2. The van der Waals surface area contributed by atoms with Crippen molar-refractivity contribution in [1.29, 1.82) is 0 Å². The maximum Gasteiger partial charge on any atom is 0.311 e. The van der Waals surface area contributed by atoms with Gasteiger partial charge in [0.15, 0.2) is 0 Å². The van der Waals surface area contributed by atoms with Gasteiger partial charge in [-0.2, -0.15) is 0 Å². The molecule has 0 aromatic carbocycles. The van der Waals surface area contributed by atoms with Crippen LogP contribution in [0.1, 0.15) is 85.0 Å².